The zero-order chi connectivity index (χ0) is 21.1. The van der Waals surface area contributed by atoms with Crippen molar-refractivity contribution < 1.29 is 23.9 Å². The SMILES string of the molecule is COC(=O)c1sc(I)cc1N(CC(=O)OC(C)(C)C)C(=O)C1CCC(C)CC1. The van der Waals surface area contributed by atoms with Crippen LogP contribution in [-0.4, -0.2) is 37.1 Å². The number of esters is 2. The number of thiophene rings is 1. The molecule has 1 amide bonds. The molecule has 0 saturated heterocycles. The molecule has 0 spiro atoms. The minimum absolute atomic E-state index is 0.128. The number of carbonyl (C=O) groups excluding carboxylic acids is 3. The fraction of sp³-hybridized carbons (Fsp3) is 0.650. The van der Waals surface area contributed by atoms with Gasteiger partial charge in [0.25, 0.3) is 0 Å². The normalized spacial score (nSPS) is 19.8. The number of anilines is 1. The van der Waals surface area contributed by atoms with Crippen molar-refractivity contribution in [3.8, 4) is 0 Å². The molecule has 8 heteroatoms. The van der Waals surface area contributed by atoms with Crippen molar-refractivity contribution in [2.24, 2.45) is 11.8 Å². The summed E-state index contributed by atoms with van der Waals surface area (Å²) in [5, 5.41) is 0. The van der Waals surface area contributed by atoms with Gasteiger partial charge in [-0.05, 0) is 81.0 Å². The maximum atomic E-state index is 13.3. The van der Waals surface area contributed by atoms with Crippen molar-refractivity contribution >= 4 is 57.5 Å². The molecule has 0 aliphatic heterocycles. The average Bonchev–Trinajstić information content (AvgIpc) is 2.99. The molecule has 2 rings (SSSR count). The van der Waals surface area contributed by atoms with Crippen LogP contribution in [-0.2, 0) is 19.1 Å². The predicted octanol–water partition coefficient (Wildman–Crippen LogP) is 4.64. The van der Waals surface area contributed by atoms with Gasteiger partial charge in [-0.3, -0.25) is 14.5 Å². The minimum Gasteiger partial charge on any atom is -0.465 e. The van der Waals surface area contributed by atoms with Crippen molar-refractivity contribution in [1.29, 1.82) is 0 Å². The van der Waals surface area contributed by atoms with Gasteiger partial charge >= 0.3 is 11.9 Å². The highest BCUT2D eigenvalue weighted by molar-refractivity contribution is 14.1. The third kappa shape index (κ3) is 6.17. The Kier molecular flexibility index (Phi) is 7.89. The first-order valence-electron chi connectivity index (χ1n) is 9.42. The topological polar surface area (TPSA) is 72.9 Å². The molecular formula is C20H28INO5S. The minimum atomic E-state index is -0.652. The van der Waals surface area contributed by atoms with Crippen LogP contribution in [0.4, 0.5) is 5.69 Å². The van der Waals surface area contributed by atoms with Crippen molar-refractivity contribution in [3.05, 3.63) is 13.8 Å². The van der Waals surface area contributed by atoms with Gasteiger partial charge in [0.15, 0.2) is 0 Å². The van der Waals surface area contributed by atoms with Crippen molar-refractivity contribution in [3.63, 3.8) is 0 Å². The van der Waals surface area contributed by atoms with E-state index in [-0.39, 0.29) is 18.4 Å². The summed E-state index contributed by atoms with van der Waals surface area (Å²) in [5.41, 5.74) is -0.226. The van der Waals surface area contributed by atoms with Crippen LogP contribution in [0.2, 0.25) is 0 Å². The molecule has 1 aromatic rings. The first kappa shape index (κ1) is 23.1. The molecule has 0 aromatic carbocycles. The summed E-state index contributed by atoms with van der Waals surface area (Å²) in [6.07, 6.45) is 3.56. The first-order valence-corrected chi connectivity index (χ1v) is 11.3. The molecule has 156 valence electrons. The number of nitrogens with zero attached hydrogens (tertiary/aromatic N) is 1. The Morgan fingerprint density at radius 2 is 1.82 bits per heavy atom. The lowest BCUT2D eigenvalue weighted by Crippen LogP contribution is -2.43. The molecule has 1 aliphatic rings. The highest BCUT2D eigenvalue weighted by atomic mass is 127. The fourth-order valence-electron chi connectivity index (χ4n) is 3.30. The van der Waals surface area contributed by atoms with Gasteiger partial charge in [0.1, 0.15) is 17.0 Å². The zero-order valence-corrected chi connectivity index (χ0v) is 20.0. The van der Waals surface area contributed by atoms with Crippen LogP contribution in [0.1, 0.15) is 63.0 Å². The molecule has 0 N–H and O–H groups in total. The van der Waals surface area contributed by atoms with Crippen LogP contribution in [0.25, 0.3) is 0 Å². The molecule has 0 bridgehead atoms. The summed E-state index contributed by atoms with van der Waals surface area (Å²) in [7, 11) is 1.31. The summed E-state index contributed by atoms with van der Waals surface area (Å²) >= 11 is 3.35. The van der Waals surface area contributed by atoms with Crippen LogP contribution >= 0.6 is 33.9 Å². The van der Waals surface area contributed by atoms with Gasteiger partial charge in [0, 0.05) is 5.92 Å². The number of methoxy groups -OCH3 is 1. The Morgan fingerprint density at radius 3 is 2.36 bits per heavy atom. The van der Waals surface area contributed by atoms with E-state index in [2.05, 4.69) is 29.5 Å². The second-order valence-corrected chi connectivity index (χ2v) is 11.2. The van der Waals surface area contributed by atoms with E-state index in [1.54, 1.807) is 26.8 Å². The van der Waals surface area contributed by atoms with Gasteiger partial charge < -0.3 is 9.47 Å². The zero-order valence-electron chi connectivity index (χ0n) is 17.0. The third-order valence-electron chi connectivity index (χ3n) is 4.68. The second kappa shape index (κ2) is 9.56. The summed E-state index contributed by atoms with van der Waals surface area (Å²) in [6.45, 7) is 7.32. The highest BCUT2D eigenvalue weighted by Gasteiger charge is 2.34. The van der Waals surface area contributed by atoms with Gasteiger partial charge in [-0.1, -0.05) is 6.92 Å². The molecule has 1 aliphatic carbocycles. The Morgan fingerprint density at radius 1 is 1.21 bits per heavy atom. The average molecular weight is 521 g/mol. The van der Waals surface area contributed by atoms with E-state index in [0.29, 0.717) is 16.5 Å². The second-order valence-electron chi connectivity index (χ2n) is 8.22. The number of amides is 1. The summed E-state index contributed by atoms with van der Waals surface area (Å²) < 4.78 is 11.1. The summed E-state index contributed by atoms with van der Waals surface area (Å²) in [5.74, 6) is -0.681. The molecular weight excluding hydrogens is 493 g/mol. The Balaban J connectivity index is 2.35. The maximum absolute atomic E-state index is 13.3. The Labute approximate surface area is 184 Å². The highest BCUT2D eigenvalue weighted by Crippen LogP contribution is 2.36. The smallest absolute Gasteiger partial charge is 0.350 e. The molecule has 1 fully saturated rings. The van der Waals surface area contributed by atoms with E-state index in [9.17, 15) is 14.4 Å². The van der Waals surface area contributed by atoms with Crippen LogP contribution in [0.5, 0.6) is 0 Å². The van der Waals surface area contributed by atoms with Crippen LogP contribution in [0.3, 0.4) is 0 Å². The van der Waals surface area contributed by atoms with Crippen molar-refractivity contribution in [1.82, 2.24) is 0 Å². The lowest BCUT2D eigenvalue weighted by Gasteiger charge is -2.31. The molecule has 6 nitrogen and oxygen atoms in total. The Bertz CT molecular complexity index is 731. The van der Waals surface area contributed by atoms with Gasteiger partial charge in [0.2, 0.25) is 5.91 Å². The summed E-state index contributed by atoms with van der Waals surface area (Å²) in [6, 6.07) is 1.76. The van der Waals surface area contributed by atoms with Crippen molar-refractivity contribution in [2.45, 2.75) is 59.0 Å². The van der Waals surface area contributed by atoms with Gasteiger partial charge in [-0.25, -0.2) is 4.79 Å². The van der Waals surface area contributed by atoms with Crippen molar-refractivity contribution in [2.75, 3.05) is 18.6 Å². The number of hydrogen-bond donors (Lipinski definition) is 0. The number of halogens is 1. The lowest BCUT2D eigenvalue weighted by molar-refractivity contribution is -0.153. The number of hydrogen-bond acceptors (Lipinski definition) is 6. The molecule has 1 heterocycles. The van der Waals surface area contributed by atoms with E-state index in [1.165, 1.54) is 23.3 Å². The lowest BCUT2D eigenvalue weighted by atomic mass is 9.82. The monoisotopic (exact) mass is 521 g/mol. The van der Waals surface area contributed by atoms with E-state index < -0.39 is 17.5 Å². The predicted molar refractivity (Wildman–Crippen MR) is 118 cm³/mol. The first-order chi connectivity index (χ1) is 13.0. The van der Waals surface area contributed by atoms with Crippen LogP contribution < -0.4 is 4.90 Å². The molecule has 0 radical (unpaired) electrons. The third-order valence-corrected chi connectivity index (χ3v) is 6.55. The van der Waals surface area contributed by atoms with Gasteiger partial charge in [-0.2, -0.15) is 0 Å². The van der Waals surface area contributed by atoms with E-state index >= 15 is 0 Å². The number of carbonyl (C=O) groups is 3. The molecule has 28 heavy (non-hydrogen) atoms. The molecule has 1 saturated carbocycles. The van der Waals surface area contributed by atoms with E-state index in [0.717, 1.165) is 28.6 Å². The Hall–Kier alpha value is -1.16. The van der Waals surface area contributed by atoms with Crippen LogP contribution in [0, 0.1) is 14.7 Å². The quantitative estimate of drug-likeness (QED) is 0.417. The molecule has 1 aromatic heterocycles. The number of rotatable bonds is 5. The molecule has 0 unspecified atom stereocenters. The standard InChI is InChI=1S/C20H28INO5S/c1-12-6-8-13(9-7-12)18(24)22(11-16(23)27-20(2,3)4)14-10-15(21)28-17(14)19(25)26-5/h10,12-13H,6-9,11H2,1-5H3. The largest absolute Gasteiger partial charge is 0.465 e. The fourth-order valence-corrected chi connectivity index (χ4v) is 5.07. The van der Waals surface area contributed by atoms with Crippen LogP contribution in [0.15, 0.2) is 6.07 Å². The molecule has 0 atom stereocenters. The van der Waals surface area contributed by atoms with E-state index in [1.807, 2.05) is 0 Å². The number of ether oxygens (including phenoxy) is 2. The van der Waals surface area contributed by atoms with Gasteiger partial charge in [-0.15, -0.1) is 11.3 Å². The van der Waals surface area contributed by atoms with Gasteiger partial charge in [0.05, 0.1) is 15.7 Å². The van der Waals surface area contributed by atoms with E-state index in [4.69, 9.17) is 9.47 Å². The summed E-state index contributed by atoms with van der Waals surface area (Å²) in [4.78, 5) is 39.8. The maximum Gasteiger partial charge on any atom is 0.350 e.